The monoisotopic (exact) mass is 447 g/mol. The van der Waals surface area contributed by atoms with Gasteiger partial charge in [0.1, 0.15) is 5.00 Å². The molecule has 3 nitrogen and oxygen atoms in total. The van der Waals surface area contributed by atoms with Crippen molar-refractivity contribution >= 4 is 55.6 Å². The van der Waals surface area contributed by atoms with Gasteiger partial charge in [0.2, 0.25) is 0 Å². The van der Waals surface area contributed by atoms with Crippen LogP contribution in [0.1, 0.15) is 38.1 Å². The number of amides is 1. The highest BCUT2D eigenvalue weighted by molar-refractivity contribution is 9.10. The molecular weight excluding hydrogens is 434 g/mol. The zero-order valence-corrected chi connectivity index (χ0v) is 17.0. The molecule has 0 aliphatic rings. The lowest BCUT2D eigenvalue weighted by atomic mass is 10.0. The quantitative estimate of drug-likeness (QED) is 0.472. The van der Waals surface area contributed by atoms with Crippen LogP contribution in [0, 0.1) is 0 Å². The largest absolute Gasteiger partial charge is 0.313 e. The number of carbonyl (C=O) groups is 2. The van der Waals surface area contributed by atoms with Gasteiger partial charge in [-0.2, -0.15) is 0 Å². The van der Waals surface area contributed by atoms with Crippen LogP contribution in [0.5, 0.6) is 0 Å². The van der Waals surface area contributed by atoms with Gasteiger partial charge in [-0.1, -0.05) is 42.8 Å². The van der Waals surface area contributed by atoms with Gasteiger partial charge in [-0.05, 0) is 52.7 Å². The molecule has 26 heavy (non-hydrogen) atoms. The number of hydrogen-bond acceptors (Lipinski definition) is 3. The molecule has 1 N–H and O–H groups in total. The molecule has 3 rings (SSSR count). The van der Waals surface area contributed by atoms with Crippen molar-refractivity contribution in [3.63, 3.8) is 0 Å². The van der Waals surface area contributed by atoms with Gasteiger partial charge in [0.25, 0.3) is 5.91 Å². The molecule has 0 spiro atoms. The number of benzene rings is 2. The third kappa shape index (κ3) is 3.90. The summed E-state index contributed by atoms with van der Waals surface area (Å²) in [5, 5.41) is 3.81. The Morgan fingerprint density at radius 2 is 1.69 bits per heavy atom. The van der Waals surface area contributed by atoms with Crippen LogP contribution in [0.25, 0.3) is 0 Å². The van der Waals surface area contributed by atoms with Crippen molar-refractivity contribution in [2.75, 3.05) is 5.32 Å². The Kier molecular flexibility index (Phi) is 5.91. The third-order valence-electron chi connectivity index (χ3n) is 3.84. The van der Waals surface area contributed by atoms with E-state index in [1.165, 1.54) is 11.3 Å². The van der Waals surface area contributed by atoms with Gasteiger partial charge in [-0.25, -0.2) is 0 Å². The molecule has 1 heterocycles. The van der Waals surface area contributed by atoms with Gasteiger partial charge in [0.05, 0.1) is 16.1 Å². The van der Waals surface area contributed by atoms with Crippen LogP contribution >= 0.6 is 38.9 Å². The van der Waals surface area contributed by atoms with Gasteiger partial charge in [0.15, 0.2) is 5.78 Å². The predicted octanol–water partition coefficient (Wildman–Crippen LogP) is 6.21. The summed E-state index contributed by atoms with van der Waals surface area (Å²) in [6, 6.07) is 15.9. The Labute approximate surface area is 169 Å². The van der Waals surface area contributed by atoms with Gasteiger partial charge in [0, 0.05) is 14.9 Å². The second-order valence-electron chi connectivity index (χ2n) is 5.55. The maximum atomic E-state index is 13.0. The van der Waals surface area contributed by atoms with E-state index in [-0.39, 0.29) is 11.7 Å². The fourth-order valence-electron chi connectivity index (χ4n) is 2.48. The zero-order chi connectivity index (χ0) is 18.7. The molecule has 0 fully saturated rings. The number of ketones is 1. The summed E-state index contributed by atoms with van der Waals surface area (Å²) in [4.78, 5) is 26.6. The SMILES string of the molecule is CCc1cc(C(=O)c2ccccc2Cl)c(NC(=O)c2ccccc2Br)s1. The van der Waals surface area contributed by atoms with E-state index in [0.717, 1.165) is 11.3 Å². The maximum absolute atomic E-state index is 13.0. The highest BCUT2D eigenvalue weighted by Crippen LogP contribution is 2.32. The summed E-state index contributed by atoms with van der Waals surface area (Å²) in [6.45, 7) is 2.01. The number of carbonyl (C=O) groups excluding carboxylic acids is 2. The summed E-state index contributed by atoms with van der Waals surface area (Å²) in [7, 11) is 0. The van der Waals surface area contributed by atoms with Crippen molar-refractivity contribution < 1.29 is 9.59 Å². The first-order chi connectivity index (χ1) is 12.5. The van der Waals surface area contributed by atoms with Gasteiger partial charge >= 0.3 is 0 Å². The Morgan fingerprint density at radius 1 is 1.04 bits per heavy atom. The molecule has 1 aromatic heterocycles. The Morgan fingerprint density at radius 3 is 2.35 bits per heavy atom. The first-order valence-electron chi connectivity index (χ1n) is 7.99. The van der Waals surface area contributed by atoms with Gasteiger partial charge < -0.3 is 5.32 Å². The molecule has 0 unspecified atom stereocenters. The van der Waals surface area contributed by atoms with Crippen LogP contribution in [-0.4, -0.2) is 11.7 Å². The fraction of sp³-hybridized carbons (Fsp3) is 0.100. The van der Waals surface area contributed by atoms with E-state index in [0.29, 0.717) is 31.2 Å². The first-order valence-corrected chi connectivity index (χ1v) is 9.97. The molecule has 6 heteroatoms. The number of thiophene rings is 1. The fourth-order valence-corrected chi connectivity index (χ4v) is 4.16. The molecule has 0 aliphatic carbocycles. The molecule has 0 atom stereocenters. The molecular formula is C20H15BrClNO2S. The summed E-state index contributed by atoms with van der Waals surface area (Å²) in [5.74, 6) is -0.468. The van der Waals surface area contributed by atoms with Crippen molar-refractivity contribution in [1.29, 1.82) is 0 Å². The summed E-state index contributed by atoms with van der Waals surface area (Å²) >= 11 is 11.0. The van der Waals surface area contributed by atoms with Gasteiger partial charge in [-0.3, -0.25) is 9.59 Å². The molecule has 0 aliphatic heterocycles. The number of rotatable bonds is 5. The third-order valence-corrected chi connectivity index (χ3v) is 6.06. The van der Waals surface area contributed by atoms with Crippen molar-refractivity contribution in [3.05, 3.63) is 85.7 Å². The van der Waals surface area contributed by atoms with E-state index in [1.807, 2.05) is 19.1 Å². The van der Waals surface area contributed by atoms with E-state index < -0.39 is 0 Å². The number of halogens is 2. The summed E-state index contributed by atoms with van der Waals surface area (Å²) in [6.07, 6.45) is 0.776. The summed E-state index contributed by atoms with van der Waals surface area (Å²) < 4.78 is 0.698. The van der Waals surface area contributed by atoms with E-state index in [2.05, 4.69) is 21.2 Å². The van der Waals surface area contributed by atoms with Crippen LogP contribution < -0.4 is 5.32 Å². The standard InChI is InChI=1S/C20H15BrClNO2S/c1-2-12-11-15(18(24)14-8-4-6-10-17(14)22)20(26-12)23-19(25)13-7-3-5-9-16(13)21/h3-11H,2H2,1H3,(H,23,25). The zero-order valence-electron chi connectivity index (χ0n) is 13.9. The van der Waals surface area contributed by atoms with Crippen LogP contribution in [0.2, 0.25) is 5.02 Å². The minimum absolute atomic E-state index is 0.200. The minimum atomic E-state index is -0.268. The van der Waals surface area contributed by atoms with Crippen molar-refractivity contribution in [2.45, 2.75) is 13.3 Å². The van der Waals surface area contributed by atoms with Crippen molar-refractivity contribution in [2.24, 2.45) is 0 Å². The van der Waals surface area contributed by atoms with Crippen LogP contribution in [0.15, 0.2) is 59.1 Å². The Hall–Kier alpha value is -1.95. The number of hydrogen-bond donors (Lipinski definition) is 1. The lowest BCUT2D eigenvalue weighted by molar-refractivity contribution is 0.102. The molecule has 132 valence electrons. The average molecular weight is 449 g/mol. The number of anilines is 1. The highest BCUT2D eigenvalue weighted by Gasteiger charge is 2.21. The second kappa shape index (κ2) is 8.16. The van der Waals surface area contributed by atoms with Crippen molar-refractivity contribution in [3.8, 4) is 0 Å². The number of aryl methyl sites for hydroxylation is 1. The molecule has 0 saturated heterocycles. The van der Waals surface area contributed by atoms with E-state index in [9.17, 15) is 9.59 Å². The summed E-state index contributed by atoms with van der Waals surface area (Å²) in [5.41, 5.74) is 1.39. The van der Waals surface area contributed by atoms with Crippen LogP contribution in [-0.2, 0) is 6.42 Å². The molecule has 0 radical (unpaired) electrons. The normalized spacial score (nSPS) is 10.6. The molecule has 0 saturated carbocycles. The smallest absolute Gasteiger partial charge is 0.257 e. The predicted molar refractivity (Wildman–Crippen MR) is 111 cm³/mol. The Bertz CT molecular complexity index is 983. The molecule has 1 amide bonds. The lowest BCUT2D eigenvalue weighted by Crippen LogP contribution is -2.14. The average Bonchev–Trinajstić information content (AvgIpc) is 3.04. The van der Waals surface area contributed by atoms with Crippen LogP contribution in [0.3, 0.4) is 0 Å². The minimum Gasteiger partial charge on any atom is -0.313 e. The topological polar surface area (TPSA) is 46.2 Å². The highest BCUT2D eigenvalue weighted by atomic mass is 79.9. The maximum Gasteiger partial charge on any atom is 0.257 e. The molecule has 0 bridgehead atoms. The van der Waals surface area contributed by atoms with Crippen molar-refractivity contribution in [1.82, 2.24) is 0 Å². The lowest BCUT2D eigenvalue weighted by Gasteiger charge is -2.08. The Balaban J connectivity index is 1.97. The van der Waals surface area contributed by atoms with E-state index >= 15 is 0 Å². The van der Waals surface area contributed by atoms with Gasteiger partial charge in [-0.15, -0.1) is 11.3 Å². The first kappa shape index (κ1) is 18.8. The van der Waals surface area contributed by atoms with E-state index in [4.69, 9.17) is 11.6 Å². The second-order valence-corrected chi connectivity index (χ2v) is 7.95. The van der Waals surface area contributed by atoms with E-state index in [1.54, 1.807) is 42.5 Å². The number of nitrogens with one attached hydrogen (secondary N) is 1. The van der Waals surface area contributed by atoms with Crippen LogP contribution in [0.4, 0.5) is 5.00 Å². The molecule has 2 aromatic carbocycles. The molecule has 3 aromatic rings.